The minimum atomic E-state index is -0.854. The van der Waals surface area contributed by atoms with Crippen LogP contribution in [0.2, 0.25) is 0 Å². The van der Waals surface area contributed by atoms with E-state index in [1.165, 1.54) is 0 Å². The molecule has 6 nitrogen and oxygen atoms in total. The van der Waals surface area contributed by atoms with Crippen LogP contribution < -0.4 is 0 Å². The number of hydrogen-bond acceptors (Lipinski definition) is 6. The van der Waals surface area contributed by atoms with Crippen LogP contribution in [0.25, 0.3) is 0 Å². The van der Waals surface area contributed by atoms with Crippen molar-refractivity contribution in [2.75, 3.05) is 13.2 Å². The minimum Gasteiger partial charge on any atom is -0.462 e. The SMILES string of the molecule is CC\C=C/C=C\C=C/C=C\C=C/CCCCCC(=O)OCC(COC(=O)CC/C=C\C/C=C\C/C=C\C/C=C\C/C=C\C/C=C\CC)OC(=O)CCCCC/C=C\C/C=C\C/C=C\C/C=C\CC. The number of carbonyl (C=O) groups excluding carboxylic acids is 3. The normalized spacial score (nSPS) is 13.6. The summed E-state index contributed by atoms with van der Waals surface area (Å²) in [6.07, 6.45) is 81.7. The number of carbonyl (C=O) groups is 3. The lowest BCUT2D eigenvalue weighted by Crippen LogP contribution is -2.30. The summed E-state index contributed by atoms with van der Waals surface area (Å²) in [5.74, 6) is -1.12. The summed E-state index contributed by atoms with van der Waals surface area (Å²) in [6, 6.07) is 0. The molecule has 0 amide bonds. The first-order valence-electron chi connectivity index (χ1n) is 25.9. The van der Waals surface area contributed by atoms with E-state index in [1.54, 1.807) is 0 Å². The maximum atomic E-state index is 12.8. The molecule has 0 aromatic heterocycles. The zero-order valence-electron chi connectivity index (χ0n) is 42.5. The van der Waals surface area contributed by atoms with Crippen LogP contribution in [0.1, 0.15) is 168 Å². The Bertz CT molecular complexity index is 1680. The van der Waals surface area contributed by atoms with Gasteiger partial charge in [0.1, 0.15) is 13.2 Å². The summed E-state index contributed by atoms with van der Waals surface area (Å²) in [7, 11) is 0. The lowest BCUT2D eigenvalue weighted by molar-refractivity contribution is -0.166. The van der Waals surface area contributed by atoms with Gasteiger partial charge in [-0.05, 0) is 116 Å². The van der Waals surface area contributed by atoms with E-state index in [0.29, 0.717) is 19.3 Å². The van der Waals surface area contributed by atoms with Crippen molar-refractivity contribution in [3.63, 3.8) is 0 Å². The van der Waals surface area contributed by atoms with Crippen LogP contribution in [0.4, 0.5) is 0 Å². The van der Waals surface area contributed by atoms with Crippen molar-refractivity contribution in [3.05, 3.63) is 182 Å². The highest BCUT2D eigenvalue weighted by Gasteiger charge is 2.19. The molecule has 0 N–H and O–H groups in total. The maximum absolute atomic E-state index is 12.8. The largest absolute Gasteiger partial charge is 0.462 e. The van der Waals surface area contributed by atoms with Crippen molar-refractivity contribution in [2.45, 2.75) is 175 Å². The number of esters is 3. The van der Waals surface area contributed by atoms with Gasteiger partial charge in [-0.2, -0.15) is 0 Å². The molecule has 0 aliphatic rings. The lowest BCUT2D eigenvalue weighted by atomic mass is 10.1. The van der Waals surface area contributed by atoms with Crippen molar-refractivity contribution in [1.29, 1.82) is 0 Å². The van der Waals surface area contributed by atoms with Crippen molar-refractivity contribution in [1.82, 2.24) is 0 Å². The molecular formula is C62H90O6. The number of hydrogen-bond donors (Lipinski definition) is 0. The fourth-order valence-electron chi connectivity index (χ4n) is 6.01. The zero-order chi connectivity index (χ0) is 49.3. The van der Waals surface area contributed by atoms with Gasteiger partial charge in [-0.1, -0.05) is 216 Å². The number of allylic oxidation sites excluding steroid dienone is 30. The molecule has 0 saturated carbocycles. The highest BCUT2D eigenvalue weighted by Crippen LogP contribution is 2.10. The fraction of sp³-hybridized carbons (Fsp3) is 0.468. The van der Waals surface area contributed by atoms with E-state index < -0.39 is 6.10 Å². The Balaban J connectivity index is 4.68. The highest BCUT2D eigenvalue weighted by atomic mass is 16.6. The van der Waals surface area contributed by atoms with E-state index in [1.807, 2.05) is 60.8 Å². The third kappa shape index (κ3) is 51.5. The van der Waals surface area contributed by atoms with E-state index in [0.717, 1.165) is 109 Å². The molecule has 0 fully saturated rings. The molecule has 0 heterocycles. The van der Waals surface area contributed by atoms with Crippen LogP contribution in [-0.4, -0.2) is 37.2 Å². The van der Waals surface area contributed by atoms with Gasteiger partial charge in [0.2, 0.25) is 0 Å². The molecule has 0 radical (unpaired) electrons. The molecule has 68 heavy (non-hydrogen) atoms. The Hall–Kier alpha value is -5.49. The Morgan fingerprint density at radius 3 is 1.06 bits per heavy atom. The average Bonchev–Trinajstić information content (AvgIpc) is 3.34. The van der Waals surface area contributed by atoms with Gasteiger partial charge in [0, 0.05) is 19.3 Å². The quantitative estimate of drug-likeness (QED) is 0.0199. The summed E-state index contributed by atoms with van der Waals surface area (Å²) in [5.41, 5.74) is 0. The highest BCUT2D eigenvalue weighted by molar-refractivity contribution is 5.71. The third-order valence-corrected chi connectivity index (χ3v) is 9.78. The van der Waals surface area contributed by atoms with Gasteiger partial charge in [-0.15, -0.1) is 0 Å². The summed E-state index contributed by atoms with van der Waals surface area (Å²) < 4.78 is 16.7. The Kier molecular flexibility index (Phi) is 49.7. The van der Waals surface area contributed by atoms with E-state index in [4.69, 9.17) is 14.2 Å². The molecule has 0 aliphatic heterocycles. The van der Waals surface area contributed by atoms with Crippen LogP contribution in [0, 0.1) is 0 Å². The fourth-order valence-corrected chi connectivity index (χ4v) is 6.01. The van der Waals surface area contributed by atoms with E-state index in [-0.39, 0.29) is 50.4 Å². The zero-order valence-corrected chi connectivity index (χ0v) is 42.5. The van der Waals surface area contributed by atoms with E-state index >= 15 is 0 Å². The van der Waals surface area contributed by atoms with Crippen LogP contribution in [0.15, 0.2) is 182 Å². The molecule has 0 aliphatic carbocycles. The van der Waals surface area contributed by atoms with Crippen molar-refractivity contribution in [2.24, 2.45) is 0 Å². The molecule has 0 bridgehead atoms. The second kappa shape index (κ2) is 54.1. The Morgan fingerprint density at radius 1 is 0.309 bits per heavy atom. The molecule has 374 valence electrons. The van der Waals surface area contributed by atoms with E-state index in [9.17, 15) is 14.4 Å². The van der Waals surface area contributed by atoms with Gasteiger partial charge < -0.3 is 14.2 Å². The van der Waals surface area contributed by atoms with Crippen LogP contribution in [-0.2, 0) is 28.6 Å². The Morgan fingerprint density at radius 2 is 0.632 bits per heavy atom. The summed E-state index contributed by atoms with van der Waals surface area (Å²) in [4.78, 5) is 38.0. The van der Waals surface area contributed by atoms with Crippen LogP contribution in [0.5, 0.6) is 0 Å². The molecule has 0 aromatic carbocycles. The number of rotatable bonds is 43. The summed E-state index contributed by atoms with van der Waals surface area (Å²) in [5, 5.41) is 0. The molecule has 1 atom stereocenters. The first-order chi connectivity index (χ1) is 33.5. The summed E-state index contributed by atoms with van der Waals surface area (Å²) in [6.45, 7) is 6.10. The standard InChI is InChI=1S/C62H90O6/c1-4-7-10-13-16-19-22-25-28-30-31-32-35-37-40-43-46-49-52-55-61(64)67-58-59(57-66-60(63)54-51-48-45-42-39-36-33-27-24-21-18-15-12-9-6-3)68-62(65)56-53-50-47-44-41-38-34-29-26-23-20-17-14-11-8-5-2/h7-12,15-21,24-29,31-33,36-41,46,49,59H,4-6,13-14,22-23,30,34-35,42-45,47-48,50-58H2,1-3H3/b10-7-,11-8-,12-9-,18-15-,19-16-,20-17-,24-21-,28-25-,29-26-,32-31-,33-27-,39-36-,40-37-,41-38-,49-46-. The predicted molar refractivity (Wildman–Crippen MR) is 292 cm³/mol. The lowest BCUT2D eigenvalue weighted by Gasteiger charge is -2.18. The first kappa shape index (κ1) is 62.5. The number of unbranched alkanes of at least 4 members (excludes halogenated alkanes) is 6. The molecule has 6 heteroatoms. The van der Waals surface area contributed by atoms with Gasteiger partial charge in [0.05, 0.1) is 0 Å². The van der Waals surface area contributed by atoms with Gasteiger partial charge in [0.15, 0.2) is 6.10 Å². The smallest absolute Gasteiger partial charge is 0.306 e. The second-order valence-electron chi connectivity index (χ2n) is 16.1. The second-order valence-corrected chi connectivity index (χ2v) is 16.1. The topological polar surface area (TPSA) is 78.9 Å². The van der Waals surface area contributed by atoms with Crippen LogP contribution in [0.3, 0.4) is 0 Å². The minimum absolute atomic E-state index is 0.147. The predicted octanol–water partition coefficient (Wildman–Crippen LogP) is 17.4. The molecule has 0 aromatic rings. The van der Waals surface area contributed by atoms with Gasteiger partial charge in [-0.25, -0.2) is 0 Å². The number of ether oxygens (including phenoxy) is 3. The molecular weight excluding hydrogens is 841 g/mol. The molecule has 0 spiro atoms. The molecule has 0 saturated heterocycles. The maximum Gasteiger partial charge on any atom is 0.306 e. The molecule has 1 unspecified atom stereocenters. The first-order valence-corrected chi connectivity index (χ1v) is 25.9. The van der Waals surface area contributed by atoms with Gasteiger partial charge in [-0.3, -0.25) is 14.4 Å². The molecule has 0 rings (SSSR count). The van der Waals surface area contributed by atoms with Crippen molar-refractivity contribution in [3.8, 4) is 0 Å². The van der Waals surface area contributed by atoms with E-state index in [2.05, 4.69) is 142 Å². The van der Waals surface area contributed by atoms with Crippen molar-refractivity contribution >= 4 is 17.9 Å². The van der Waals surface area contributed by atoms with Crippen LogP contribution >= 0.6 is 0 Å². The van der Waals surface area contributed by atoms with Gasteiger partial charge >= 0.3 is 17.9 Å². The Labute approximate surface area is 414 Å². The third-order valence-electron chi connectivity index (χ3n) is 9.78. The monoisotopic (exact) mass is 931 g/mol. The summed E-state index contributed by atoms with van der Waals surface area (Å²) >= 11 is 0. The van der Waals surface area contributed by atoms with Crippen molar-refractivity contribution < 1.29 is 28.6 Å². The van der Waals surface area contributed by atoms with Gasteiger partial charge in [0.25, 0.3) is 0 Å². The average molecular weight is 931 g/mol.